The van der Waals surface area contributed by atoms with Crippen molar-refractivity contribution >= 4 is 34.5 Å². The number of carbonyl (C=O) groups excluding carboxylic acids is 1. The molecule has 31 heavy (non-hydrogen) atoms. The molecule has 0 spiro atoms. The maximum absolute atomic E-state index is 11.7. The molecular formula is C23H29BrO6S. The first kappa shape index (κ1) is 25.7. The number of benzene rings is 2. The fourth-order valence-corrected chi connectivity index (χ4v) is 3.75. The summed E-state index contributed by atoms with van der Waals surface area (Å²) in [5, 5.41) is 0. The molecule has 0 saturated heterocycles. The Morgan fingerprint density at radius 1 is 0.935 bits per heavy atom. The summed E-state index contributed by atoms with van der Waals surface area (Å²) in [5.74, 6) is 0.191. The molecular weight excluding hydrogens is 484 g/mol. The molecule has 170 valence electrons. The van der Waals surface area contributed by atoms with Crippen molar-refractivity contribution in [3.63, 3.8) is 0 Å². The van der Waals surface area contributed by atoms with E-state index in [-0.39, 0.29) is 5.97 Å². The molecule has 2 rings (SSSR count). The van der Waals surface area contributed by atoms with Crippen LogP contribution in [0.4, 0.5) is 0 Å². The molecule has 0 amide bonds. The van der Waals surface area contributed by atoms with Crippen molar-refractivity contribution in [2.75, 3.05) is 26.9 Å². The van der Waals surface area contributed by atoms with Gasteiger partial charge in [0.25, 0.3) is 0 Å². The Hall–Kier alpha value is -1.58. The topological polar surface area (TPSA) is 63.2 Å². The molecule has 0 saturated carbocycles. The molecule has 0 radical (unpaired) electrons. The summed E-state index contributed by atoms with van der Waals surface area (Å²) in [6, 6.07) is 11.0. The lowest BCUT2D eigenvalue weighted by Gasteiger charge is -2.31. The Morgan fingerprint density at radius 3 is 2.10 bits per heavy atom. The van der Waals surface area contributed by atoms with Crippen molar-refractivity contribution in [2.45, 2.75) is 44.7 Å². The lowest BCUT2D eigenvalue weighted by molar-refractivity contribution is -0.467. The third-order valence-electron chi connectivity index (χ3n) is 4.39. The second-order valence-corrected chi connectivity index (χ2v) is 7.83. The highest BCUT2D eigenvalue weighted by Crippen LogP contribution is 2.29. The van der Waals surface area contributed by atoms with Gasteiger partial charge in [-0.3, -0.25) is 14.2 Å². The average molecular weight is 513 g/mol. The highest BCUT2D eigenvalue weighted by molar-refractivity contribution is 9.10. The van der Waals surface area contributed by atoms with Gasteiger partial charge in [-0.1, -0.05) is 22.0 Å². The zero-order valence-electron chi connectivity index (χ0n) is 18.3. The number of carbonyl (C=O) groups is 1. The summed E-state index contributed by atoms with van der Waals surface area (Å²) in [6.07, 6.45) is -0.116. The molecule has 0 N–H and O–H groups in total. The Kier molecular flexibility index (Phi) is 10.3. The fraction of sp³-hybridized carbons (Fsp3) is 0.435. The smallest absolute Gasteiger partial charge is 0.460 e. The molecule has 0 aliphatic carbocycles. The molecule has 0 bridgehead atoms. The van der Waals surface area contributed by atoms with Crippen LogP contribution in [0, 0.1) is 0 Å². The summed E-state index contributed by atoms with van der Waals surface area (Å²) in [4.78, 5) is 12.4. The summed E-state index contributed by atoms with van der Waals surface area (Å²) < 4.78 is 28.6. The van der Waals surface area contributed by atoms with E-state index in [1.807, 2.05) is 45.0 Å². The second-order valence-electron chi connectivity index (χ2n) is 6.49. The summed E-state index contributed by atoms with van der Waals surface area (Å²) in [7, 11) is 1.36. The van der Waals surface area contributed by atoms with Gasteiger partial charge in [-0.25, -0.2) is 4.79 Å². The first-order valence-corrected chi connectivity index (χ1v) is 11.4. The second kappa shape index (κ2) is 12.5. The first-order chi connectivity index (χ1) is 14.9. The van der Waals surface area contributed by atoms with Gasteiger partial charge in [-0.05, 0) is 75.1 Å². The molecule has 0 aliphatic rings. The predicted molar refractivity (Wildman–Crippen MR) is 125 cm³/mol. The third-order valence-corrected chi connectivity index (χ3v) is 5.58. The summed E-state index contributed by atoms with van der Waals surface area (Å²) in [6.45, 7) is 6.66. The van der Waals surface area contributed by atoms with Crippen molar-refractivity contribution in [1.29, 1.82) is 0 Å². The molecule has 0 heterocycles. The highest BCUT2D eigenvalue weighted by atomic mass is 79.9. The van der Waals surface area contributed by atoms with Crippen molar-refractivity contribution in [1.82, 2.24) is 0 Å². The van der Waals surface area contributed by atoms with Crippen LogP contribution >= 0.6 is 28.6 Å². The van der Waals surface area contributed by atoms with Crippen LogP contribution in [0.5, 0.6) is 5.75 Å². The van der Waals surface area contributed by atoms with Gasteiger partial charge in [0.2, 0.25) is 0 Å². The maximum atomic E-state index is 11.7. The molecule has 2 aromatic rings. The summed E-state index contributed by atoms with van der Waals surface area (Å²) >= 11 is 8.13. The normalized spacial score (nSPS) is 11.4. The van der Waals surface area contributed by atoms with E-state index in [9.17, 15) is 4.79 Å². The lowest BCUT2D eigenvalue weighted by Crippen LogP contribution is -2.45. The van der Waals surface area contributed by atoms with Crippen molar-refractivity contribution in [3.8, 4) is 5.75 Å². The van der Waals surface area contributed by atoms with Crippen LogP contribution in [0.15, 0.2) is 45.8 Å². The number of methoxy groups -OCH3 is 1. The Bertz CT molecular complexity index is 856. The zero-order valence-corrected chi connectivity index (χ0v) is 20.8. The van der Waals surface area contributed by atoms with Gasteiger partial charge >= 0.3 is 12.1 Å². The SMILES string of the molecule is CCOC(OCC)(OCC)Oc1ccc(Br)c(CCc2ccc(C(=O)OC)cc2S)c1. The van der Waals surface area contributed by atoms with Crippen LogP contribution in [0.1, 0.15) is 42.3 Å². The van der Waals surface area contributed by atoms with Crippen LogP contribution in [0.2, 0.25) is 0 Å². The number of thiol groups is 1. The Morgan fingerprint density at radius 2 is 1.55 bits per heavy atom. The summed E-state index contributed by atoms with van der Waals surface area (Å²) in [5.41, 5.74) is 2.55. The van der Waals surface area contributed by atoms with Gasteiger partial charge in [0, 0.05) is 9.37 Å². The first-order valence-electron chi connectivity index (χ1n) is 10.2. The van der Waals surface area contributed by atoms with Crippen LogP contribution in [0.3, 0.4) is 0 Å². The van der Waals surface area contributed by atoms with E-state index >= 15 is 0 Å². The van der Waals surface area contributed by atoms with Gasteiger partial charge in [-0.15, -0.1) is 12.6 Å². The van der Waals surface area contributed by atoms with Crippen molar-refractivity contribution in [3.05, 3.63) is 57.6 Å². The van der Waals surface area contributed by atoms with Gasteiger partial charge in [0.15, 0.2) is 0 Å². The number of ether oxygens (including phenoxy) is 5. The van der Waals surface area contributed by atoms with E-state index in [1.165, 1.54) is 7.11 Å². The monoisotopic (exact) mass is 512 g/mol. The van der Waals surface area contributed by atoms with Gasteiger partial charge < -0.3 is 9.47 Å². The molecule has 0 aliphatic heterocycles. The number of hydrogen-bond donors (Lipinski definition) is 1. The number of rotatable bonds is 12. The molecule has 0 atom stereocenters. The molecule has 0 unspecified atom stereocenters. The molecule has 2 aromatic carbocycles. The van der Waals surface area contributed by atoms with Crippen molar-refractivity contribution < 1.29 is 28.5 Å². The number of halogens is 1. The molecule has 0 aromatic heterocycles. The quantitative estimate of drug-likeness (QED) is 0.233. The van der Waals surface area contributed by atoms with E-state index in [0.29, 0.717) is 31.1 Å². The minimum Gasteiger partial charge on any atom is -0.465 e. The van der Waals surface area contributed by atoms with Crippen LogP contribution in [0.25, 0.3) is 0 Å². The van der Waals surface area contributed by atoms with Crippen LogP contribution in [-0.4, -0.2) is 39.1 Å². The Labute approximate surface area is 197 Å². The van der Waals surface area contributed by atoms with Gasteiger partial charge in [-0.2, -0.15) is 0 Å². The van der Waals surface area contributed by atoms with E-state index in [2.05, 4.69) is 28.6 Å². The minimum absolute atomic E-state index is 0.371. The third kappa shape index (κ3) is 7.22. The van der Waals surface area contributed by atoms with Crippen LogP contribution < -0.4 is 4.74 Å². The lowest BCUT2D eigenvalue weighted by atomic mass is 10.0. The van der Waals surface area contributed by atoms with E-state index in [4.69, 9.17) is 23.7 Å². The average Bonchev–Trinajstić information content (AvgIpc) is 2.74. The maximum Gasteiger partial charge on any atom is 0.460 e. The largest absolute Gasteiger partial charge is 0.465 e. The van der Waals surface area contributed by atoms with E-state index in [1.54, 1.807) is 12.1 Å². The Balaban J connectivity index is 2.18. The van der Waals surface area contributed by atoms with Crippen LogP contribution in [-0.2, 0) is 31.8 Å². The molecule has 6 nitrogen and oxygen atoms in total. The predicted octanol–water partition coefficient (Wildman–Crippen LogP) is 5.41. The van der Waals surface area contributed by atoms with Crippen molar-refractivity contribution in [2.24, 2.45) is 0 Å². The molecule has 0 fully saturated rings. The zero-order chi connectivity index (χ0) is 22.9. The standard InChI is InChI=1S/C23H29BrO6S/c1-5-27-23(28-6-2,29-7-3)30-19-12-13-20(24)17(14-19)10-8-16-9-11-18(15-21(16)31)22(25)26-4/h9,11-15,31H,5-8,10H2,1-4H3. The van der Waals surface area contributed by atoms with E-state index in [0.717, 1.165) is 33.3 Å². The van der Waals surface area contributed by atoms with Gasteiger partial charge in [0.1, 0.15) is 5.75 Å². The van der Waals surface area contributed by atoms with E-state index < -0.39 is 6.16 Å². The minimum atomic E-state index is -1.58. The highest BCUT2D eigenvalue weighted by Gasteiger charge is 2.36. The molecule has 8 heteroatoms. The number of esters is 1. The van der Waals surface area contributed by atoms with Gasteiger partial charge in [0.05, 0.1) is 32.5 Å². The fourth-order valence-electron chi connectivity index (χ4n) is 2.98. The number of hydrogen-bond acceptors (Lipinski definition) is 7. The number of aryl methyl sites for hydroxylation is 2.